The van der Waals surface area contributed by atoms with E-state index in [2.05, 4.69) is 0 Å². The second-order valence-electron chi connectivity index (χ2n) is 7.83. The monoisotopic (exact) mass is 626 g/mol. The molecule has 2 amide bonds. The van der Waals surface area contributed by atoms with Gasteiger partial charge in [0.1, 0.15) is 17.2 Å². The maximum Gasteiger partial charge on any atom is 0.253 e. The molecule has 1 N–H and O–H groups in total. The lowest BCUT2D eigenvalue weighted by Gasteiger charge is -2.37. The van der Waals surface area contributed by atoms with Gasteiger partial charge in [0.2, 0.25) is 0 Å². The fraction of sp³-hybridized carbons (Fsp3) is 0.429. The molecule has 0 bridgehead atoms. The highest BCUT2D eigenvalue weighted by atomic mass is 35.5. The van der Waals surface area contributed by atoms with Crippen LogP contribution in [-0.4, -0.2) is 76.1 Å². The van der Waals surface area contributed by atoms with Gasteiger partial charge in [-0.25, -0.2) is 13.2 Å². The number of piperidine rings is 2. The third kappa shape index (κ3) is 6.60. The van der Waals surface area contributed by atoms with Gasteiger partial charge in [-0.1, -0.05) is 23.2 Å². The molecule has 2 unspecified atom stereocenters. The summed E-state index contributed by atoms with van der Waals surface area (Å²) in [6.45, 7) is -15.3. The molecule has 0 aliphatic carbocycles. The molecule has 5 rings (SSSR count). The van der Waals surface area contributed by atoms with Crippen LogP contribution in [0, 0.1) is 34.3 Å². The second kappa shape index (κ2) is 12.3. The van der Waals surface area contributed by atoms with E-state index in [1.54, 1.807) is 0 Å². The van der Waals surface area contributed by atoms with Crippen molar-refractivity contribution in [3.8, 4) is 12.1 Å². The Labute approximate surface area is 269 Å². The number of rotatable bonds is 3. The molecule has 3 saturated heterocycles. The summed E-state index contributed by atoms with van der Waals surface area (Å²) in [5, 5.41) is 26.6. The van der Waals surface area contributed by atoms with Gasteiger partial charge in [0, 0.05) is 71.8 Å². The van der Waals surface area contributed by atoms with Crippen molar-refractivity contribution in [3.05, 3.63) is 69.2 Å². The van der Waals surface area contributed by atoms with Crippen LogP contribution in [0.3, 0.4) is 0 Å². The average molecular weight is 628 g/mol. The molecule has 2 aromatic rings. The summed E-state index contributed by atoms with van der Waals surface area (Å²) in [5.41, 5.74) is -9.19. The smallest absolute Gasteiger partial charge is 0.253 e. The highest BCUT2D eigenvalue weighted by molar-refractivity contribution is 6.31. The summed E-state index contributed by atoms with van der Waals surface area (Å²) in [7, 11) is 0. The molecule has 0 radical (unpaired) electrons. The highest BCUT2D eigenvalue weighted by Crippen LogP contribution is 2.45. The first-order chi connectivity index (χ1) is 26.2. The lowest BCUT2D eigenvalue weighted by atomic mass is 9.88. The summed E-state index contributed by atoms with van der Waals surface area (Å²) in [6.07, 6.45) is -23.0. The van der Waals surface area contributed by atoms with Crippen molar-refractivity contribution < 1.29 is 57.3 Å². The number of amides is 2. The fourth-order valence-electron chi connectivity index (χ4n) is 2.96. The Balaban J connectivity index is 0.000000261. The number of hydrogen-bond donors (Lipinski definition) is 1. The van der Waals surface area contributed by atoms with E-state index in [1.807, 2.05) is 0 Å². The van der Waals surface area contributed by atoms with Crippen LogP contribution in [0.5, 0.6) is 0 Å². The quantitative estimate of drug-likeness (QED) is 0.390. The molecule has 3 heterocycles. The first-order valence-corrected chi connectivity index (χ1v) is 11.5. The molecule has 41 heavy (non-hydrogen) atoms. The van der Waals surface area contributed by atoms with Crippen molar-refractivity contribution in [3.63, 3.8) is 0 Å². The Kier molecular flexibility index (Phi) is 4.39. The van der Waals surface area contributed by atoms with Gasteiger partial charge in [-0.2, -0.15) is 10.5 Å². The maximum atomic E-state index is 15.8. The van der Waals surface area contributed by atoms with Crippen molar-refractivity contribution >= 4 is 35.0 Å². The summed E-state index contributed by atoms with van der Waals surface area (Å²) >= 11 is 11.1. The van der Waals surface area contributed by atoms with Gasteiger partial charge in [-0.05, 0) is 49.1 Å². The van der Waals surface area contributed by atoms with Gasteiger partial charge >= 0.3 is 0 Å². The minimum absolute atomic E-state index is 0.297. The fourth-order valence-corrected chi connectivity index (χ4v) is 3.32. The minimum atomic E-state index is -4.81. The predicted octanol–water partition coefficient (Wildman–Crippen LogP) is 4.68. The van der Waals surface area contributed by atoms with Crippen LogP contribution in [0.2, 0.25) is 10.0 Å². The van der Waals surface area contributed by atoms with Crippen LogP contribution in [0.4, 0.5) is 13.2 Å². The van der Waals surface area contributed by atoms with E-state index in [1.165, 1.54) is 6.07 Å². The summed E-state index contributed by atoms with van der Waals surface area (Å²) in [5.74, 6) is -5.17. The van der Waals surface area contributed by atoms with Gasteiger partial charge in [0.05, 0.1) is 24.9 Å². The van der Waals surface area contributed by atoms with Crippen LogP contribution in [0.1, 0.15) is 70.9 Å². The number of likely N-dealkylation sites (tertiary alicyclic amines) is 2. The number of halogens is 5. The van der Waals surface area contributed by atoms with Gasteiger partial charge in [-0.3, -0.25) is 9.59 Å². The SMILES string of the molecule is [2H]C(O)(C#N)C1(F)C([2H])([2H])C([2H])([2H])N(C(=O)c2ccc(F)c(Cl)c2)C([2H])([2H])C1([2H])[2H].[2H]C1(C#N)OC12C([2H])([2H])C([2H])([2H])N(C(=O)c1ccc(F)c(Cl)c1)C([2H])([2H])C2([2H])[2H]. The molecule has 13 heteroatoms. The Morgan fingerprint density at radius 1 is 1.00 bits per heavy atom. The first kappa shape index (κ1) is 14.7. The van der Waals surface area contributed by atoms with Crippen LogP contribution in [0.25, 0.3) is 0 Å². The van der Waals surface area contributed by atoms with Crippen molar-refractivity contribution in [1.82, 2.24) is 9.80 Å². The summed E-state index contributed by atoms with van der Waals surface area (Å²) in [4.78, 5) is 24.9. The van der Waals surface area contributed by atoms with Crippen molar-refractivity contribution in [2.75, 3.05) is 26.0 Å². The molecule has 2 aromatic carbocycles. The predicted molar refractivity (Wildman–Crippen MR) is 142 cm³/mol. The molecular weight excluding hydrogens is 584 g/mol. The van der Waals surface area contributed by atoms with Gasteiger partial charge in [0.15, 0.2) is 17.8 Å². The molecule has 0 saturated carbocycles. The van der Waals surface area contributed by atoms with Crippen molar-refractivity contribution in [2.45, 2.75) is 48.9 Å². The minimum Gasteiger partial charge on any atom is -0.375 e. The van der Waals surface area contributed by atoms with E-state index in [-0.39, 0.29) is 4.90 Å². The number of alkyl halides is 1. The number of aliphatic hydroxyl groups is 1. The lowest BCUT2D eigenvalue weighted by Crippen LogP contribution is -2.49. The topological polar surface area (TPSA) is 121 Å². The number of nitriles is 2. The van der Waals surface area contributed by atoms with Crippen LogP contribution < -0.4 is 0 Å². The third-order valence-corrected chi connectivity index (χ3v) is 5.75. The number of epoxide rings is 1. The Morgan fingerprint density at radius 2 is 1.44 bits per heavy atom. The first-order valence-electron chi connectivity index (χ1n) is 19.7. The molecule has 0 aromatic heterocycles. The van der Waals surface area contributed by atoms with Crippen LogP contribution in [-0.2, 0) is 4.74 Å². The Morgan fingerprint density at radius 3 is 1.80 bits per heavy atom. The van der Waals surface area contributed by atoms with E-state index < -0.39 is 124 Å². The van der Waals surface area contributed by atoms with Gasteiger partial charge < -0.3 is 19.6 Å². The van der Waals surface area contributed by atoms with E-state index in [9.17, 15) is 23.5 Å². The number of nitrogens with zero attached hydrogens (tertiary/aromatic N) is 4. The number of hydrogen-bond acceptors (Lipinski definition) is 6. The molecule has 216 valence electrons. The zero-order valence-electron chi connectivity index (χ0n) is 37.8. The highest BCUT2D eigenvalue weighted by Gasteiger charge is 2.58. The largest absolute Gasteiger partial charge is 0.375 e. The normalized spacial score (nSPS) is 40.0. The molecule has 2 atom stereocenters. The number of carbonyl (C=O) groups excluding carboxylic acids is 2. The molecule has 3 aliphatic heterocycles. The Bertz CT molecular complexity index is 2170. The number of carbonyl (C=O) groups is 2. The zero-order valence-corrected chi connectivity index (χ0v) is 21.3. The molecule has 1 spiro atoms. The van der Waals surface area contributed by atoms with Crippen LogP contribution in [0.15, 0.2) is 36.4 Å². The molecular formula is C28H25Cl2F3N4O4. The van der Waals surface area contributed by atoms with E-state index in [0.29, 0.717) is 18.2 Å². The zero-order chi connectivity index (χ0) is 46.1. The van der Waals surface area contributed by atoms with E-state index >= 15 is 4.39 Å². The van der Waals surface area contributed by atoms with Gasteiger partial charge in [0.25, 0.3) is 11.8 Å². The molecule has 3 aliphatic rings. The summed E-state index contributed by atoms with van der Waals surface area (Å²) in [6, 6.07) is 6.22. The third-order valence-electron chi connectivity index (χ3n) is 5.17. The number of benzene rings is 2. The van der Waals surface area contributed by atoms with Crippen molar-refractivity contribution in [1.29, 1.82) is 10.5 Å². The van der Waals surface area contributed by atoms with Crippen molar-refractivity contribution in [2.24, 2.45) is 0 Å². The molecule has 8 nitrogen and oxygen atoms in total. The number of ether oxygens (including phenoxy) is 1. The van der Waals surface area contributed by atoms with Crippen LogP contribution >= 0.6 is 23.2 Å². The Hall–Kier alpha value is -3.35. The lowest BCUT2D eigenvalue weighted by molar-refractivity contribution is -0.0201. The average Bonchev–Trinajstić information content (AvgIpc) is 3.77. The standard InChI is InChI=1S/C14H13ClF2N2O2.C14H12ClFN2O2/c15-10-7-9(1-2-11(10)16)13(21)19-5-3-14(17,4-6-19)12(20)8-18;15-10-7-9(1-2-11(10)16)13(19)18-5-3-14(4-6-18)12(8-17)20-14/h1-2,7,12,20H,3-6H2;1-2,7,12H,3-6H2/i2*3D2,4D2,5D2,6D2,12D. The second-order valence-corrected chi connectivity index (χ2v) is 8.64. The molecule has 3 fully saturated rings. The summed E-state index contributed by atoms with van der Waals surface area (Å²) < 4.78 is 191. The van der Waals surface area contributed by atoms with Gasteiger partial charge in [-0.15, -0.1) is 0 Å². The van der Waals surface area contributed by atoms with E-state index in [0.717, 1.165) is 24.3 Å². The van der Waals surface area contributed by atoms with E-state index in [4.69, 9.17) is 63.1 Å². The maximum absolute atomic E-state index is 15.8.